The maximum Gasteiger partial charge on any atom is 0.309 e. The van der Waals surface area contributed by atoms with Crippen LogP contribution in [0.15, 0.2) is 0 Å². The molecule has 0 aliphatic rings. The number of esters is 2. The highest BCUT2D eigenvalue weighted by atomic mass is 16.5. The average Bonchev–Trinajstić information content (AvgIpc) is 2.78. The zero-order valence-electron chi connectivity index (χ0n) is 21.2. The molecule has 0 aromatic heterocycles. The SMILES string of the molecule is CCCOC(=O)CCCCCCCCCCCCCC(CC)C(CC)C(=O)OCCC. The van der Waals surface area contributed by atoms with Crippen molar-refractivity contribution in [1.82, 2.24) is 0 Å². The Kier molecular flexibility index (Phi) is 21.4. The Balaban J connectivity index is 3.59. The van der Waals surface area contributed by atoms with Crippen molar-refractivity contribution >= 4 is 11.9 Å². The van der Waals surface area contributed by atoms with E-state index in [1.54, 1.807) is 0 Å². The molecule has 0 aromatic carbocycles. The third kappa shape index (κ3) is 17.2. The predicted octanol–water partition coefficient (Wildman–Crippen LogP) is 8.02. The van der Waals surface area contributed by atoms with Gasteiger partial charge in [0, 0.05) is 6.42 Å². The first-order chi connectivity index (χ1) is 15.1. The largest absolute Gasteiger partial charge is 0.466 e. The second-order valence-electron chi connectivity index (χ2n) is 9.00. The van der Waals surface area contributed by atoms with Crippen LogP contribution in [0.2, 0.25) is 0 Å². The first-order valence-electron chi connectivity index (χ1n) is 13.4. The third-order valence-electron chi connectivity index (χ3n) is 6.21. The normalized spacial score (nSPS) is 13.0. The quantitative estimate of drug-likeness (QED) is 0.126. The average molecular weight is 441 g/mol. The first-order valence-corrected chi connectivity index (χ1v) is 13.4. The number of ether oxygens (including phenoxy) is 2. The van der Waals surface area contributed by atoms with Crippen molar-refractivity contribution in [3.05, 3.63) is 0 Å². The summed E-state index contributed by atoms with van der Waals surface area (Å²) in [5.74, 6) is 0.544. The van der Waals surface area contributed by atoms with Gasteiger partial charge in [-0.15, -0.1) is 0 Å². The molecule has 2 atom stereocenters. The number of hydrogen-bond acceptors (Lipinski definition) is 4. The van der Waals surface area contributed by atoms with Gasteiger partial charge in [0.05, 0.1) is 19.1 Å². The Bertz CT molecular complexity index is 421. The molecule has 4 nitrogen and oxygen atoms in total. The molecule has 0 heterocycles. The molecule has 31 heavy (non-hydrogen) atoms. The van der Waals surface area contributed by atoms with E-state index in [-0.39, 0.29) is 17.9 Å². The molecule has 0 aromatic rings. The highest BCUT2D eigenvalue weighted by Gasteiger charge is 2.26. The summed E-state index contributed by atoms with van der Waals surface area (Å²) in [5.41, 5.74) is 0. The molecule has 0 saturated heterocycles. The lowest BCUT2D eigenvalue weighted by molar-refractivity contribution is -0.151. The fraction of sp³-hybridized carbons (Fsp3) is 0.926. The molecule has 0 rings (SSSR count). The Morgan fingerprint density at radius 3 is 1.58 bits per heavy atom. The van der Waals surface area contributed by atoms with Crippen molar-refractivity contribution in [1.29, 1.82) is 0 Å². The Morgan fingerprint density at radius 2 is 1.10 bits per heavy atom. The van der Waals surface area contributed by atoms with Gasteiger partial charge in [-0.05, 0) is 38.0 Å². The van der Waals surface area contributed by atoms with Crippen LogP contribution in [-0.4, -0.2) is 25.2 Å². The molecule has 2 unspecified atom stereocenters. The summed E-state index contributed by atoms with van der Waals surface area (Å²) in [6.45, 7) is 9.50. The van der Waals surface area contributed by atoms with Crippen molar-refractivity contribution in [3.8, 4) is 0 Å². The lowest BCUT2D eigenvalue weighted by atomic mass is 9.84. The van der Waals surface area contributed by atoms with Crippen molar-refractivity contribution in [2.75, 3.05) is 13.2 Å². The van der Waals surface area contributed by atoms with E-state index >= 15 is 0 Å². The van der Waals surface area contributed by atoms with Crippen molar-refractivity contribution in [2.45, 2.75) is 137 Å². The van der Waals surface area contributed by atoms with E-state index in [4.69, 9.17) is 9.47 Å². The van der Waals surface area contributed by atoms with Gasteiger partial charge < -0.3 is 9.47 Å². The van der Waals surface area contributed by atoms with Crippen molar-refractivity contribution in [2.24, 2.45) is 11.8 Å². The second kappa shape index (κ2) is 22.1. The molecule has 0 aliphatic heterocycles. The zero-order valence-corrected chi connectivity index (χ0v) is 21.2. The molecule has 184 valence electrons. The lowest BCUT2D eigenvalue weighted by Crippen LogP contribution is -2.25. The van der Waals surface area contributed by atoms with Gasteiger partial charge in [-0.3, -0.25) is 9.59 Å². The van der Waals surface area contributed by atoms with Crippen LogP contribution in [-0.2, 0) is 19.1 Å². The van der Waals surface area contributed by atoms with Crippen LogP contribution >= 0.6 is 0 Å². The van der Waals surface area contributed by atoms with E-state index in [1.807, 2.05) is 13.8 Å². The molecule has 0 saturated carbocycles. The van der Waals surface area contributed by atoms with E-state index in [2.05, 4.69) is 13.8 Å². The lowest BCUT2D eigenvalue weighted by Gasteiger charge is -2.23. The van der Waals surface area contributed by atoms with Gasteiger partial charge in [0.1, 0.15) is 0 Å². The summed E-state index contributed by atoms with van der Waals surface area (Å²) in [7, 11) is 0. The molecule has 0 N–H and O–H groups in total. The van der Waals surface area contributed by atoms with E-state index in [0.29, 0.717) is 25.6 Å². The van der Waals surface area contributed by atoms with Crippen LogP contribution in [0.1, 0.15) is 137 Å². The van der Waals surface area contributed by atoms with E-state index < -0.39 is 0 Å². The monoisotopic (exact) mass is 440 g/mol. The smallest absolute Gasteiger partial charge is 0.309 e. The van der Waals surface area contributed by atoms with Crippen LogP contribution in [0.3, 0.4) is 0 Å². The van der Waals surface area contributed by atoms with Crippen molar-refractivity contribution < 1.29 is 19.1 Å². The maximum atomic E-state index is 12.3. The standard InChI is InChI=1S/C27H52O4/c1-5-22-30-26(28)21-19-17-15-13-11-9-10-12-14-16-18-20-24(7-3)25(8-4)27(29)31-23-6-2/h24-25H,5-23H2,1-4H3. The summed E-state index contributed by atoms with van der Waals surface area (Å²) in [5, 5.41) is 0. The van der Waals surface area contributed by atoms with Gasteiger partial charge in [0.2, 0.25) is 0 Å². The molecule has 0 spiro atoms. The molecule has 0 aliphatic carbocycles. The van der Waals surface area contributed by atoms with Gasteiger partial charge in [-0.1, -0.05) is 98.3 Å². The fourth-order valence-corrected chi connectivity index (χ4v) is 4.25. The predicted molar refractivity (Wildman–Crippen MR) is 130 cm³/mol. The highest BCUT2D eigenvalue weighted by molar-refractivity contribution is 5.72. The van der Waals surface area contributed by atoms with Crippen LogP contribution in [0.4, 0.5) is 0 Å². The van der Waals surface area contributed by atoms with Gasteiger partial charge in [0.25, 0.3) is 0 Å². The molecular formula is C27H52O4. The molecular weight excluding hydrogens is 388 g/mol. The molecule has 0 bridgehead atoms. The van der Waals surface area contributed by atoms with E-state index in [0.717, 1.165) is 44.9 Å². The number of rotatable bonds is 22. The Labute approximate surface area is 193 Å². The first kappa shape index (κ1) is 29.9. The molecule has 4 heteroatoms. The summed E-state index contributed by atoms with van der Waals surface area (Å²) < 4.78 is 10.5. The maximum absolute atomic E-state index is 12.3. The number of carbonyl (C=O) groups is 2. The number of hydrogen-bond donors (Lipinski definition) is 0. The minimum absolute atomic E-state index is 0.0209. The fourth-order valence-electron chi connectivity index (χ4n) is 4.25. The van der Waals surface area contributed by atoms with Gasteiger partial charge in [0.15, 0.2) is 0 Å². The summed E-state index contributed by atoms with van der Waals surface area (Å²) in [6, 6.07) is 0. The zero-order chi connectivity index (χ0) is 23.2. The van der Waals surface area contributed by atoms with Crippen LogP contribution < -0.4 is 0 Å². The summed E-state index contributed by atoms with van der Waals surface area (Å²) in [6.07, 6.45) is 19.3. The Morgan fingerprint density at radius 1 is 0.613 bits per heavy atom. The summed E-state index contributed by atoms with van der Waals surface area (Å²) >= 11 is 0. The van der Waals surface area contributed by atoms with E-state index in [1.165, 1.54) is 57.8 Å². The summed E-state index contributed by atoms with van der Waals surface area (Å²) in [4.78, 5) is 23.7. The van der Waals surface area contributed by atoms with Crippen LogP contribution in [0.25, 0.3) is 0 Å². The molecule has 0 fully saturated rings. The molecule has 0 radical (unpaired) electrons. The second-order valence-corrected chi connectivity index (χ2v) is 9.00. The number of carbonyl (C=O) groups excluding carboxylic acids is 2. The van der Waals surface area contributed by atoms with E-state index in [9.17, 15) is 9.59 Å². The van der Waals surface area contributed by atoms with Crippen molar-refractivity contribution in [3.63, 3.8) is 0 Å². The van der Waals surface area contributed by atoms with Gasteiger partial charge >= 0.3 is 11.9 Å². The Hall–Kier alpha value is -1.06. The van der Waals surface area contributed by atoms with Gasteiger partial charge in [-0.2, -0.15) is 0 Å². The van der Waals surface area contributed by atoms with Gasteiger partial charge in [-0.25, -0.2) is 0 Å². The topological polar surface area (TPSA) is 52.6 Å². The minimum Gasteiger partial charge on any atom is -0.466 e. The van der Waals surface area contributed by atoms with Crippen LogP contribution in [0.5, 0.6) is 0 Å². The number of unbranched alkanes of at least 4 members (excludes halogenated alkanes) is 10. The van der Waals surface area contributed by atoms with Crippen LogP contribution in [0, 0.1) is 11.8 Å². The highest BCUT2D eigenvalue weighted by Crippen LogP contribution is 2.27. The minimum atomic E-state index is -0.0336. The molecule has 0 amide bonds. The third-order valence-corrected chi connectivity index (χ3v) is 6.21.